The number of rotatable bonds is 2. The van der Waals surface area contributed by atoms with Crippen molar-refractivity contribution in [1.29, 1.82) is 0 Å². The first-order valence-corrected chi connectivity index (χ1v) is 5.99. The second-order valence-corrected chi connectivity index (χ2v) is 4.77. The number of nitrogens with one attached hydrogen (secondary N) is 1. The van der Waals surface area contributed by atoms with E-state index in [2.05, 4.69) is 5.32 Å². The summed E-state index contributed by atoms with van der Waals surface area (Å²) in [6, 6.07) is 0. The van der Waals surface area contributed by atoms with E-state index >= 15 is 0 Å². The van der Waals surface area contributed by atoms with Crippen molar-refractivity contribution in [3.63, 3.8) is 0 Å². The zero-order valence-electron chi connectivity index (χ0n) is 10.0. The molecule has 112 valence electrons. The van der Waals surface area contributed by atoms with Crippen molar-refractivity contribution in [2.45, 2.75) is 49.1 Å². The number of ether oxygens (including phenoxy) is 2. The van der Waals surface area contributed by atoms with Crippen LogP contribution >= 0.6 is 0 Å². The third-order valence-corrected chi connectivity index (χ3v) is 3.33. The third-order valence-electron chi connectivity index (χ3n) is 3.33. The van der Waals surface area contributed by atoms with Gasteiger partial charge in [-0.2, -0.15) is 0 Å². The Bertz CT molecular complexity index is 277. The molecule has 0 unspecified atom stereocenters. The molecule has 2 saturated heterocycles. The first-order valence-electron chi connectivity index (χ1n) is 5.99. The van der Waals surface area contributed by atoms with Crippen molar-refractivity contribution in [1.82, 2.24) is 5.32 Å². The molecule has 8 atom stereocenters. The fraction of sp³-hybridized carbons (Fsp3) is 1.00. The van der Waals surface area contributed by atoms with Crippen molar-refractivity contribution in [3.8, 4) is 0 Å². The van der Waals surface area contributed by atoms with Crippen LogP contribution in [0.5, 0.6) is 0 Å². The van der Waals surface area contributed by atoms with Crippen LogP contribution in [-0.4, -0.2) is 92.9 Å². The zero-order chi connectivity index (χ0) is 14.2. The molecule has 2 aliphatic rings. The average Bonchev–Trinajstić information content (AvgIpc) is 2.39. The molecule has 0 radical (unpaired) electrons. The predicted molar refractivity (Wildman–Crippen MR) is 58.7 cm³/mol. The highest BCUT2D eigenvalue weighted by Crippen LogP contribution is 2.18. The normalized spacial score (nSPS) is 52.1. The maximum Gasteiger partial charge on any atom is 0.139 e. The van der Waals surface area contributed by atoms with Gasteiger partial charge < -0.3 is 40.1 Å². The van der Waals surface area contributed by atoms with Crippen LogP contribution in [0.15, 0.2) is 0 Å². The Labute approximate surface area is 109 Å². The van der Waals surface area contributed by atoms with Crippen LogP contribution in [-0.2, 0) is 9.47 Å². The van der Waals surface area contributed by atoms with Gasteiger partial charge in [0.1, 0.15) is 49.1 Å². The minimum absolute atomic E-state index is 0.191. The van der Waals surface area contributed by atoms with E-state index in [0.29, 0.717) is 0 Å². The molecule has 0 aromatic heterocycles. The Hall–Kier alpha value is -0.360. The van der Waals surface area contributed by atoms with Crippen molar-refractivity contribution < 1.29 is 40.1 Å². The number of hydrogen-bond donors (Lipinski definition) is 7. The summed E-state index contributed by atoms with van der Waals surface area (Å²) in [5.74, 6) is 0. The molecule has 2 fully saturated rings. The fourth-order valence-corrected chi connectivity index (χ4v) is 2.07. The SMILES string of the molecule is O[C@@H]1[C@@H](O)[C@@H](N[C@@H]2OC[C@H](O)[C@H](O)[C@@H]2O)OC[C@H]1O. The minimum Gasteiger partial charge on any atom is -0.388 e. The summed E-state index contributed by atoms with van der Waals surface area (Å²) in [6.07, 6.45) is -10.1. The van der Waals surface area contributed by atoms with Gasteiger partial charge in [0, 0.05) is 0 Å². The smallest absolute Gasteiger partial charge is 0.139 e. The van der Waals surface area contributed by atoms with Gasteiger partial charge in [0.15, 0.2) is 0 Å². The largest absolute Gasteiger partial charge is 0.388 e. The summed E-state index contributed by atoms with van der Waals surface area (Å²) in [5, 5.41) is 59.5. The maximum atomic E-state index is 9.70. The van der Waals surface area contributed by atoms with Crippen LogP contribution in [0.4, 0.5) is 0 Å². The quantitative estimate of drug-likeness (QED) is 0.265. The fourth-order valence-electron chi connectivity index (χ4n) is 2.07. The maximum absolute atomic E-state index is 9.70. The molecule has 0 aromatic rings. The van der Waals surface area contributed by atoms with Crippen molar-refractivity contribution in [2.24, 2.45) is 0 Å². The summed E-state index contributed by atoms with van der Waals surface area (Å²) >= 11 is 0. The molecule has 9 heteroatoms. The lowest BCUT2D eigenvalue weighted by Gasteiger charge is -2.41. The Kier molecular flexibility index (Phi) is 4.71. The first-order chi connectivity index (χ1) is 8.91. The van der Waals surface area contributed by atoms with E-state index in [1.54, 1.807) is 0 Å². The summed E-state index contributed by atoms with van der Waals surface area (Å²) in [7, 11) is 0. The van der Waals surface area contributed by atoms with Crippen LogP contribution < -0.4 is 5.32 Å². The minimum atomic E-state index is -1.41. The number of hydrogen-bond acceptors (Lipinski definition) is 9. The van der Waals surface area contributed by atoms with Crippen LogP contribution in [0.3, 0.4) is 0 Å². The van der Waals surface area contributed by atoms with Crippen molar-refractivity contribution in [2.75, 3.05) is 13.2 Å². The third kappa shape index (κ3) is 3.05. The van der Waals surface area contributed by atoms with E-state index in [1.165, 1.54) is 0 Å². The highest BCUT2D eigenvalue weighted by Gasteiger charge is 2.43. The highest BCUT2D eigenvalue weighted by atomic mass is 16.6. The van der Waals surface area contributed by atoms with E-state index in [9.17, 15) is 30.6 Å². The Balaban J connectivity index is 1.94. The van der Waals surface area contributed by atoms with Crippen LogP contribution in [0.1, 0.15) is 0 Å². The van der Waals surface area contributed by atoms with Gasteiger partial charge in [0.25, 0.3) is 0 Å². The molecule has 2 heterocycles. The van der Waals surface area contributed by atoms with Gasteiger partial charge >= 0.3 is 0 Å². The van der Waals surface area contributed by atoms with Gasteiger partial charge in [0.2, 0.25) is 0 Å². The second kappa shape index (κ2) is 5.95. The zero-order valence-corrected chi connectivity index (χ0v) is 10.0. The molecule has 0 amide bonds. The van der Waals surface area contributed by atoms with Gasteiger partial charge in [-0.1, -0.05) is 0 Å². The summed E-state index contributed by atoms with van der Waals surface area (Å²) < 4.78 is 10.2. The monoisotopic (exact) mass is 281 g/mol. The lowest BCUT2D eigenvalue weighted by Crippen LogP contribution is -2.65. The van der Waals surface area contributed by atoms with Crippen molar-refractivity contribution >= 4 is 0 Å². The Morgan fingerprint density at radius 3 is 1.37 bits per heavy atom. The predicted octanol–water partition coefficient (Wildman–Crippen LogP) is -4.55. The molecule has 0 aromatic carbocycles. The van der Waals surface area contributed by atoms with E-state index in [4.69, 9.17) is 9.47 Å². The molecule has 0 saturated carbocycles. The number of aliphatic hydroxyl groups is 6. The van der Waals surface area contributed by atoms with Gasteiger partial charge in [-0.3, -0.25) is 5.32 Å². The molecule has 0 aliphatic carbocycles. The first kappa shape index (κ1) is 15.0. The Morgan fingerprint density at radius 1 is 0.632 bits per heavy atom. The summed E-state index contributed by atoms with van der Waals surface area (Å²) in [6.45, 7) is -0.381. The van der Waals surface area contributed by atoms with E-state index < -0.39 is 49.1 Å². The molecular formula is C10H19NO8. The van der Waals surface area contributed by atoms with Crippen LogP contribution in [0.25, 0.3) is 0 Å². The molecule has 7 N–H and O–H groups in total. The summed E-state index contributed by atoms with van der Waals surface area (Å²) in [5.41, 5.74) is 0. The van der Waals surface area contributed by atoms with Crippen LogP contribution in [0, 0.1) is 0 Å². The molecule has 2 rings (SSSR count). The molecule has 2 aliphatic heterocycles. The Morgan fingerprint density at radius 2 is 1.00 bits per heavy atom. The van der Waals surface area contributed by atoms with Crippen LogP contribution in [0.2, 0.25) is 0 Å². The molecular weight excluding hydrogens is 262 g/mol. The van der Waals surface area contributed by atoms with Gasteiger partial charge in [0.05, 0.1) is 13.2 Å². The lowest BCUT2D eigenvalue weighted by atomic mass is 10.0. The molecule has 9 nitrogen and oxygen atoms in total. The molecule has 19 heavy (non-hydrogen) atoms. The van der Waals surface area contributed by atoms with E-state index in [-0.39, 0.29) is 13.2 Å². The average molecular weight is 281 g/mol. The number of aliphatic hydroxyl groups excluding tert-OH is 6. The van der Waals surface area contributed by atoms with Crippen molar-refractivity contribution in [3.05, 3.63) is 0 Å². The molecule has 0 bridgehead atoms. The molecule has 0 spiro atoms. The topological polar surface area (TPSA) is 152 Å². The summed E-state index contributed by atoms with van der Waals surface area (Å²) in [4.78, 5) is 0. The standard InChI is InChI=1S/C10H19NO8/c12-3-1-18-9(7(16)5(3)14)11-10-8(17)6(15)4(13)2-19-10/h3-17H,1-2H2/t3-,4+,5-,6-,7-,8+,9+,10-/m0/s1. The second-order valence-electron chi connectivity index (χ2n) is 4.77. The van der Waals surface area contributed by atoms with Gasteiger partial charge in [-0.25, -0.2) is 0 Å². The van der Waals surface area contributed by atoms with E-state index in [1.807, 2.05) is 0 Å². The van der Waals surface area contributed by atoms with Gasteiger partial charge in [-0.15, -0.1) is 0 Å². The highest BCUT2D eigenvalue weighted by molar-refractivity contribution is 4.90. The van der Waals surface area contributed by atoms with Gasteiger partial charge in [-0.05, 0) is 0 Å². The van der Waals surface area contributed by atoms with E-state index in [0.717, 1.165) is 0 Å². The lowest BCUT2D eigenvalue weighted by molar-refractivity contribution is -0.236.